The van der Waals surface area contributed by atoms with Crippen LogP contribution in [0.4, 0.5) is 0 Å². The zero-order chi connectivity index (χ0) is 11.4. The van der Waals surface area contributed by atoms with Crippen molar-refractivity contribution in [3.05, 3.63) is 34.5 Å². The number of aliphatic carboxylic acids is 1. The summed E-state index contributed by atoms with van der Waals surface area (Å²) in [6.45, 7) is 4.30. The number of carbonyl (C=O) groups is 1. The molecule has 0 radical (unpaired) electrons. The Morgan fingerprint density at radius 1 is 1.47 bits per heavy atom. The summed E-state index contributed by atoms with van der Waals surface area (Å²) in [5, 5.41) is 8.62. The highest BCUT2D eigenvalue weighted by Crippen LogP contribution is 1.94. The van der Waals surface area contributed by atoms with Gasteiger partial charge in [-0.3, -0.25) is 9.13 Å². The minimum atomic E-state index is -0.960. The number of hydrogen-bond donors (Lipinski definition) is 1. The van der Waals surface area contributed by atoms with Crippen LogP contribution < -0.4 is 5.69 Å². The normalized spacial score (nSPS) is 11.7. The van der Waals surface area contributed by atoms with E-state index in [1.165, 1.54) is 17.6 Å². The molecule has 0 bridgehead atoms. The predicted molar refractivity (Wildman–Crippen MR) is 55.8 cm³/mol. The highest BCUT2D eigenvalue weighted by molar-refractivity contribution is 5.85. The van der Waals surface area contributed by atoms with Crippen LogP contribution in [0.25, 0.3) is 0 Å². The third-order valence-corrected chi connectivity index (χ3v) is 2.19. The summed E-state index contributed by atoms with van der Waals surface area (Å²) < 4.78 is 3.03. The van der Waals surface area contributed by atoms with E-state index in [1.807, 2.05) is 6.92 Å². The monoisotopic (exact) mass is 210 g/mol. The molecule has 0 unspecified atom stereocenters. The quantitative estimate of drug-likeness (QED) is 0.744. The fourth-order valence-corrected chi connectivity index (χ4v) is 1.16. The highest BCUT2D eigenvalue weighted by atomic mass is 16.4. The highest BCUT2D eigenvalue weighted by Gasteiger charge is 2.02. The second-order valence-corrected chi connectivity index (χ2v) is 3.21. The third kappa shape index (κ3) is 2.59. The summed E-state index contributed by atoms with van der Waals surface area (Å²) in [4.78, 5) is 22.0. The van der Waals surface area contributed by atoms with Gasteiger partial charge in [0.15, 0.2) is 0 Å². The van der Waals surface area contributed by atoms with E-state index in [2.05, 4.69) is 0 Å². The van der Waals surface area contributed by atoms with Crippen molar-refractivity contribution in [1.29, 1.82) is 0 Å². The van der Waals surface area contributed by atoms with E-state index < -0.39 is 5.97 Å². The van der Waals surface area contributed by atoms with Crippen molar-refractivity contribution in [2.45, 2.75) is 26.9 Å². The van der Waals surface area contributed by atoms with E-state index >= 15 is 0 Å². The molecule has 1 rings (SSSR count). The Balaban J connectivity index is 2.83. The Morgan fingerprint density at radius 3 is 2.53 bits per heavy atom. The van der Waals surface area contributed by atoms with Gasteiger partial charge in [-0.2, -0.15) is 0 Å². The fraction of sp³-hybridized carbons (Fsp3) is 0.400. The van der Waals surface area contributed by atoms with Crippen LogP contribution in [0.1, 0.15) is 13.8 Å². The Kier molecular flexibility index (Phi) is 3.49. The molecule has 1 aromatic rings. The molecule has 15 heavy (non-hydrogen) atoms. The maximum atomic E-state index is 11.5. The maximum Gasteiger partial charge on any atom is 0.331 e. The lowest BCUT2D eigenvalue weighted by molar-refractivity contribution is -0.132. The molecule has 1 heterocycles. The summed E-state index contributed by atoms with van der Waals surface area (Å²) >= 11 is 0. The molecule has 0 fully saturated rings. The van der Waals surface area contributed by atoms with E-state index in [0.29, 0.717) is 13.1 Å². The van der Waals surface area contributed by atoms with Gasteiger partial charge in [-0.25, -0.2) is 9.59 Å². The third-order valence-electron chi connectivity index (χ3n) is 2.19. The summed E-state index contributed by atoms with van der Waals surface area (Å²) in [7, 11) is 0. The number of allylic oxidation sites excluding steroid dienone is 1. The first-order chi connectivity index (χ1) is 7.06. The first kappa shape index (κ1) is 11.3. The van der Waals surface area contributed by atoms with E-state index in [1.54, 1.807) is 17.0 Å². The average molecular weight is 210 g/mol. The van der Waals surface area contributed by atoms with E-state index in [4.69, 9.17) is 5.11 Å². The predicted octanol–water partition coefficient (Wildman–Crippen LogP) is 0.701. The molecule has 5 heteroatoms. The fourth-order valence-electron chi connectivity index (χ4n) is 1.16. The first-order valence-electron chi connectivity index (χ1n) is 4.72. The van der Waals surface area contributed by atoms with Crippen molar-refractivity contribution in [2.24, 2.45) is 0 Å². The number of aryl methyl sites for hydroxylation is 1. The van der Waals surface area contributed by atoms with Gasteiger partial charge >= 0.3 is 11.7 Å². The minimum Gasteiger partial charge on any atom is -0.478 e. The topological polar surface area (TPSA) is 64.2 Å². The Bertz CT molecular complexity index is 440. The van der Waals surface area contributed by atoms with Crippen molar-refractivity contribution in [3.8, 4) is 0 Å². The summed E-state index contributed by atoms with van der Waals surface area (Å²) in [5.74, 6) is -0.960. The lowest BCUT2D eigenvalue weighted by Gasteiger charge is -1.97. The molecule has 1 aromatic heterocycles. The van der Waals surface area contributed by atoms with Crippen molar-refractivity contribution in [3.63, 3.8) is 0 Å². The molecule has 0 aliphatic heterocycles. The van der Waals surface area contributed by atoms with Gasteiger partial charge in [0.25, 0.3) is 0 Å². The van der Waals surface area contributed by atoms with Crippen LogP contribution in [0.15, 0.2) is 28.8 Å². The zero-order valence-electron chi connectivity index (χ0n) is 8.80. The number of carboxylic acids is 1. The van der Waals surface area contributed by atoms with Crippen molar-refractivity contribution in [1.82, 2.24) is 9.13 Å². The molecule has 1 N–H and O–H groups in total. The van der Waals surface area contributed by atoms with Crippen LogP contribution in [-0.4, -0.2) is 20.2 Å². The number of hydrogen-bond acceptors (Lipinski definition) is 2. The van der Waals surface area contributed by atoms with Gasteiger partial charge < -0.3 is 5.11 Å². The second-order valence-electron chi connectivity index (χ2n) is 3.21. The summed E-state index contributed by atoms with van der Waals surface area (Å²) in [6.07, 6.45) is 4.85. The van der Waals surface area contributed by atoms with Gasteiger partial charge in [0.05, 0.1) is 0 Å². The van der Waals surface area contributed by atoms with Crippen LogP contribution in [0, 0.1) is 0 Å². The van der Waals surface area contributed by atoms with Crippen LogP contribution in [-0.2, 0) is 17.9 Å². The largest absolute Gasteiger partial charge is 0.478 e. The number of carboxylic acid groups (broad SMARTS) is 1. The van der Waals surface area contributed by atoms with Gasteiger partial charge in [0.1, 0.15) is 0 Å². The lowest BCUT2D eigenvalue weighted by Crippen LogP contribution is -2.23. The molecule has 0 aromatic carbocycles. The number of rotatable bonds is 4. The Hall–Kier alpha value is -1.78. The molecular weight excluding hydrogens is 196 g/mol. The van der Waals surface area contributed by atoms with Crippen molar-refractivity contribution in [2.75, 3.05) is 0 Å². The second kappa shape index (κ2) is 4.63. The van der Waals surface area contributed by atoms with Gasteiger partial charge in [0.2, 0.25) is 0 Å². The molecule has 0 aliphatic rings. The Morgan fingerprint density at radius 2 is 2.07 bits per heavy atom. The number of imidazole rings is 1. The standard InChI is InChI=1S/C10H14N2O3/c1-3-11-6-7-12(10(11)15)5-4-8(2)9(13)14/h4,6-7H,3,5H2,1-2H3,(H,13,14)/b8-4-. The van der Waals surface area contributed by atoms with E-state index in [-0.39, 0.29) is 11.3 Å². The van der Waals surface area contributed by atoms with E-state index in [9.17, 15) is 9.59 Å². The van der Waals surface area contributed by atoms with Crippen molar-refractivity contribution < 1.29 is 9.90 Å². The lowest BCUT2D eigenvalue weighted by atomic mass is 10.3. The Labute approximate surface area is 87.3 Å². The average Bonchev–Trinajstić information content (AvgIpc) is 2.55. The molecule has 0 saturated heterocycles. The molecule has 0 amide bonds. The van der Waals surface area contributed by atoms with Gasteiger partial charge in [0, 0.05) is 31.1 Å². The van der Waals surface area contributed by atoms with Crippen LogP contribution >= 0.6 is 0 Å². The van der Waals surface area contributed by atoms with Gasteiger partial charge in [-0.15, -0.1) is 0 Å². The van der Waals surface area contributed by atoms with Crippen LogP contribution in [0.2, 0.25) is 0 Å². The zero-order valence-corrected chi connectivity index (χ0v) is 8.80. The summed E-state index contributed by atoms with van der Waals surface area (Å²) in [6, 6.07) is 0. The smallest absolute Gasteiger partial charge is 0.331 e. The molecule has 5 nitrogen and oxygen atoms in total. The van der Waals surface area contributed by atoms with Crippen molar-refractivity contribution >= 4 is 5.97 Å². The van der Waals surface area contributed by atoms with Gasteiger partial charge in [-0.1, -0.05) is 6.08 Å². The van der Waals surface area contributed by atoms with Crippen LogP contribution in [0.5, 0.6) is 0 Å². The maximum absolute atomic E-state index is 11.5. The molecular formula is C10H14N2O3. The number of nitrogens with zero attached hydrogens (tertiary/aromatic N) is 2. The summed E-state index contributed by atoms with van der Waals surface area (Å²) in [5.41, 5.74) is 0.123. The molecule has 0 aliphatic carbocycles. The minimum absolute atomic E-state index is 0.119. The van der Waals surface area contributed by atoms with E-state index in [0.717, 1.165) is 0 Å². The van der Waals surface area contributed by atoms with Crippen LogP contribution in [0.3, 0.4) is 0 Å². The SMILES string of the molecule is CCn1ccn(C/C=C(/C)C(=O)O)c1=O. The molecule has 0 spiro atoms. The number of aromatic nitrogens is 2. The first-order valence-corrected chi connectivity index (χ1v) is 4.72. The molecule has 82 valence electrons. The van der Waals surface area contributed by atoms with Gasteiger partial charge in [-0.05, 0) is 13.8 Å². The molecule has 0 saturated carbocycles. The molecule has 0 atom stereocenters.